The van der Waals surface area contributed by atoms with Crippen molar-refractivity contribution in [1.82, 2.24) is 9.97 Å². The van der Waals surface area contributed by atoms with E-state index in [-0.39, 0.29) is 0 Å². The van der Waals surface area contributed by atoms with Gasteiger partial charge in [-0.1, -0.05) is 12.2 Å². The standard InChI is InChI=1S/C20H20N2/c1-2-17-3-4-19(16-5-9-21-10-6-16)13-15(1)14-20(17)18-7-11-22-12-8-18/h4-12,14-15,17H,1-3,13H2/b19-4+/t15-,17+/m0/s1. The lowest BCUT2D eigenvalue weighted by molar-refractivity contribution is 0.466. The maximum atomic E-state index is 4.15. The lowest BCUT2D eigenvalue weighted by Crippen LogP contribution is -2.16. The van der Waals surface area contributed by atoms with Crippen LogP contribution in [-0.4, -0.2) is 9.97 Å². The van der Waals surface area contributed by atoms with Crippen molar-refractivity contribution in [2.24, 2.45) is 11.8 Å². The van der Waals surface area contributed by atoms with Crippen LogP contribution in [0, 0.1) is 11.8 Å². The minimum Gasteiger partial charge on any atom is -0.265 e. The van der Waals surface area contributed by atoms with Gasteiger partial charge in [0, 0.05) is 24.8 Å². The molecule has 2 atom stereocenters. The molecule has 2 heteroatoms. The van der Waals surface area contributed by atoms with Crippen LogP contribution >= 0.6 is 0 Å². The van der Waals surface area contributed by atoms with Crippen molar-refractivity contribution < 1.29 is 0 Å². The summed E-state index contributed by atoms with van der Waals surface area (Å²) in [5.41, 5.74) is 5.71. The van der Waals surface area contributed by atoms with Gasteiger partial charge in [-0.3, -0.25) is 9.97 Å². The first-order valence-electron chi connectivity index (χ1n) is 8.11. The van der Waals surface area contributed by atoms with Gasteiger partial charge in [-0.25, -0.2) is 0 Å². The third kappa shape index (κ3) is 2.61. The molecule has 0 aliphatic heterocycles. The fraction of sp³-hybridized carbons (Fsp3) is 0.300. The van der Waals surface area contributed by atoms with Crippen LogP contribution in [0.25, 0.3) is 11.1 Å². The van der Waals surface area contributed by atoms with E-state index < -0.39 is 0 Å². The third-order valence-electron chi connectivity index (χ3n) is 4.94. The monoisotopic (exact) mass is 288 g/mol. The first kappa shape index (κ1) is 13.4. The van der Waals surface area contributed by atoms with Gasteiger partial charge in [0.05, 0.1) is 0 Å². The number of nitrogens with zero attached hydrogens (tertiary/aromatic N) is 2. The molecule has 5 rings (SSSR count). The quantitative estimate of drug-likeness (QED) is 0.796. The van der Waals surface area contributed by atoms with Crippen LogP contribution in [0.1, 0.15) is 36.8 Å². The Morgan fingerprint density at radius 2 is 1.50 bits per heavy atom. The summed E-state index contributed by atoms with van der Waals surface area (Å²) < 4.78 is 0. The summed E-state index contributed by atoms with van der Waals surface area (Å²) in [4.78, 5) is 8.29. The molecule has 0 saturated carbocycles. The highest BCUT2D eigenvalue weighted by molar-refractivity contribution is 5.72. The van der Waals surface area contributed by atoms with E-state index in [9.17, 15) is 0 Å². The molecule has 0 fully saturated rings. The minimum absolute atomic E-state index is 0.649. The molecule has 22 heavy (non-hydrogen) atoms. The molecule has 2 heterocycles. The molecule has 0 unspecified atom stereocenters. The number of pyridine rings is 2. The zero-order valence-electron chi connectivity index (χ0n) is 12.7. The summed E-state index contributed by atoms with van der Waals surface area (Å²) in [6, 6.07) is 8.57. The van der Waals surface area contributed by atoms with E-state index in [1.165, 1.54) is 35.1 Å². The number of allylic oxidation sites excluding steroid dienone is 4. The Balaban J connectivity index is 1.65. The van der Waals surface area contributed by atoms with Crippen molar-refractivity contribution >= 4 is 11.1 Å². The molecule has 2 aromatic rings. The van der Waals surface area contributed by atoms with Gasteiger partial charge >= 0.3 is 0 Å². The van der Waals surface area contributed by atoms with Crippen molar-refractivity contribution in [3.05, 3.63) is 72.3 Å². The summed E-state index contributed by atoms with van der Waals surface area (Å²) in [5.74, 6) is 1.30. The van der Waals surface area contributed by atoms with Gasteiger partial charge in [0.15, 0.2) is 0 Å². The second-order valence-corrected chi connectivity index (χ2v) is 6.30. The summed E-state index contributed by atoms with van der Waals surface area (Å²) in [7, 11) is 0. The van der Waals surface area contributed by atoms with Gasteiger partial charge in [-0.2, -0.15) is 0 Å². The molecule has 0 amide bonds. The lowest BCUT2D eigenvalue weighted by Gasteiger charge is -2.32. The van der Waals surface area contributed by atoms with Crippen LogP contribution in [0.2, 0.25) is 0 Å². The Bertz CT molecular complexity index is 701. The van der Waals surface area contributed by atoms with E-state index in [2.05, 4.69) is 46.4 Å². The van der Waals surface area contributed by atoms with Crippen LogP contribution in [0.4, 0.5) is 0 Å². The molecule has 3 aliphatic carbocycles. The average Bonchev–Trinajstić information content (AvgIpc) is 2.57. The molecule has 0 saturated heterocycles. The van der Waals surface area contributed by atoms with Gasteiger partial charge in [-0.15, -0.1) is 0 Å². The van der Waals surface area contributed by atoms with Crippen LogP contribution in [-0.2, 0) is 0 Å². The minimum atomic E-state index is 0.649. The number of hydrogen-bond donors (Lipinski definition) is 0. The molecule has 2 aromatic heterocycles. The van der Waals surface area contributed by atoms with Crippen LogP contribution in [0.15, 0.2) is 61.2 Å². The Morgan fingerprint density at radius 1 is 0.818 bits per heavy atom. The Morgan fingerprint density at radius 3 is 2.23 bits per heavy atom. The van der Waals surface area contributed by atoms with E-state index in [0.717, 1.165) is 12.8 Å². The normalized spacial score (nSPS) is 26.5. The molecule has 3 aliphatic rings. The maximum Gasteiger partial charge on any atom is 0.0273 e. The second-order valence-electron chi connectivity index (χ2n) is 6.30. The predicted octanol–water partition coefficient (Wildman–Crippen LogP) is 4.76. The number of aromatic nitrogens is 2. The van der Waals surface area contributed by atoms with Crippen LogP contribution in [0.5, 0.6) is 0 Å². The smallest absolute Gasteiger partial charge is 0.0273 e. The van der Waals surface area contributed by atoms with E-state index in [1.54, 1.807) is 0 Å². The molecule has 0 radical (unpaired) electrons. The van der Waals surface area contributed by atoms with Crippen molar-refractivity contribution in [2.75, 3.05) is 0 Å². The van der Waals surface area contributed by atoms with Crippen molar-refractivity contribution in [3.8, 4) is 0 Å². The number of hydrogen-bond acceptors (Lipinski definition) is 2. The Labute approximate surface area is 131 Å². The van der Waals surface area contributed by atoms with Crippen molar-refractivity contribution in [2.45, 2.75) is 25.7 Å². The van der Waals surface area contributed by atoms with E-state index in [1.807, 2.05) is 24.8 Å². The molecular formula is C20H20N2. The highest BCUT2D eigenvalue weighted by Gasteiger charge is 2.26. The van der Waals surface area contributed by atoms with Crippen molar-refractivity contribution in [1.29, 1.82) is 0 Å². The molecular weight excluding hydrogens is 268 g/mol. The summed E-state index contributed by atoms with van der Waals surface area (Å²) in [6.45, 7) is 0. The topological polar surface area (TPSA) is 25.8 Å². The third-order valence-corrected chi connectivity index (χ3v) is 4.94. The fourth-order valence-corrected chi connectivity index (χ4v) is 3.78. The first-order valence-corrected chi connectivity index (χ1v) is 8.11. The molecule has 0 N–H and O–H groups in total. The lowest BCUT2D eigenvalue weighted by atomic mass is 9.73. The van der Waals surface area contributed by atoms with E-state index >= 15 is 0 Å². The van der Waals surface area contributed by atoms with E-state index in [0.29, 0.717) is 11.8 Å². The van der Waals surface area contributed by atoms with Gasteiger partial charge < -0.3 is 0 Å². The van der Waals surface area contributed by atoms with Crippen LogP contribution < -0.4 is 0 Å². The Hall–Kier alpha value is -2.22. The molecule has 0 aromatic carbocycles. The highest BCUT2D eigenvalue weighted by Crippen LogP contribution is 2.42. The van der Waals surface area contributed by atoms with Gasteiger partial charge in [0.2, 0.25) is 0 Å². The van der Waals surface area contributed by atoms with Gasteiger partial charge in [0.1, 0.15) is 0 Å². The number of fused-ring (bicyclic) bond motifs is 3. The average molecular weight is 288 g/mol. The van der Waals surface area contributed by atoms with Gasteiger partial charge in [0.25, 0.3) is 0 Å². The molecule has 110 valence electrons. The summed E-state index contributed by atoms with van der Waals surface area (Å²) in [5, 5.41) is 0. The molecule has 0 spiro atoms. The zero-order valence-corrected chi connectivity index (χ0v) is 12.7. The molecule has 2 bridgehead atoms. The zero-order chi connectivity index (χ0) is 14.8. The Kier molecular flexibility index (Phi) is 3.59. The summed E-state index contributed by atoms with van der Waals surface area (Å²) in [6.07, 6.45) is 17.5. The summed E-state index contributed by atoms with van der Waals surface area (Å²) >= 11 is 0. The SMILES string of the molecule is C1=C(c2ccncc2)[C@H]2C/C=C(/c3ccncc3)C[C@@H]1CC2. The maximum absolute atomic E-state index is 4.15. The van der Waals surface area contributed by atoms with E-state index in [4.69, 9.17) is 0 Å². The predicted molar refractivity (Wildman–Crippen MR) is 89.9 cm³/mol. The first-order chi connectivity index (χ1) is 10.9. The number of rotatable bonds is 2. The van der Waals surface area contributed by atoms with Crippen LogP contribution in [0.3, 0.4) is 0 Å². The second kappa shape index (κ2) is 5.88. The largest absolute Gasteiger partial charge is 0.265 e. The fourth-order valence-electron chi connectivity index (χ4n) is 3.78. The van der Waals surface area contributed by atoms with Crippen molar-refractivity contribution in [3.63, 3.8) is 0 Å². The highest BCUT2D eigenvalue weighted by atomic mass is 14.6. The molecule has 2 nitrogen and oxygen atoms in total. The van der Waals surface area contributed by atoms with Gasteiger partial charge in [-0.05, 0) is 84.1 Å².